The topological polar surface area (TPSA) is 33.5 Å². The lowest BCUT2D eigenvalue weighted by molar-refractivity contribution is 0.101. The minimum atomic E-state index is 0.0756. The van der Waals surface area contributed by atoms with Crippen LogP contribution in [-0.4, -0.2) is 73.1 Å². The summed E-state index contributed by atoms with van der Waals surface area (Å²) in [5.41, 5.74) is 0. The second kappa shape index (κ2) is 7.23. The van der Waals surface area contributed by atoms with Crippen LogP contribution in [-0.2, 0) is 0 Å². The van der Waals surface area contributed by atoms with Crippen LogP contribution in [0.4, 0.5) is 0 Å². The first-order valence-corrected chi connectivity index (χ1v) is 7.77. The molecule has 0 bridgehead atoms. The van der Waals surface area contributed by atoms with E-state index in [-0.39, 0.29) is 6.04 Å². The van der Waals surface area contributed by atoms with E-state index in [4.69, 9.17) is 5.26 Å². The Hall–Kier alpha value is -0.630. The summed E-state index contributed by atoms with van der Waals surface area (Å²) in [5, 5.41) is 8.94. The maximum atomic E-state index is 8.94. The molecule has 0 aromatic heterocycles. The van der Waals surface area contributed by atoms with Crippen LogP contribution in [0.25, 0.3) is 0 Å². The standard InChI is InChI=1S/C15H28N4/c1-14(13-16)19-11-9-18(10-12-19)8-6-15-5-3-4-7-17(15)2/h14-15H,3-12H2,1-2H3. The summed E-state index contributed by atoms with van der Waals surface area (Å²) < 4.78 is 0. The molecular weight excluding hydrogens is 236 g/mol. The van der Waals surface area contributed by atoms with Crippen molar-refractivity contribution in [2.45, 2.75) is 44.7 Å². The highest BCUT2D eigenvalue weighted by molar-refractivity contribution is 4.90. The first-order chi connectivity index (χ1) is 9.20. The van der Waals surface area contributed by atoms with Gasteiger partial charge in [-0.15, -0.1) is 0 Å². The van der Waals surface area contributed by atoms with Crippen LogP contribution in [0.2, 0.25) is 0 Å². The fourth-order valence-electron chi connectivity index (χ4n) is 3.30. The molecular formula is C15H28N4. The highest BCUT2D eigenvalue weighted by Crippen LogP contribution is 2.18. The Morgan fingerprint density at radius 3 is 2.53 bits per heavy atom. The molecule has 4 heteroatoms. The van der Waals surface area contributed by atoms with Crippen molar-refractivity contribution >= 4 is 0 Å². The van der Waals surface area contributed by atoms with Gasteiger partial charge in [-0.05, 0) is 46.3 Å². The Bertz CT molecular complexity index is 304. The Kier molecular flexibility index (Phi) is 5.62. The summed E-state index contributed by atoms with van der Waals surface area (Å²) in [6.45, 7) is 8.87. The van der Waals surface area contributed by atoms with Crippen molar-refractivity contribution in [3.63, 3.8) is 0 Å². The van der Waals surface area contributed by atoms with Gasteiger partial charge in [0, 0.05) is 32.2 Å². The summed E-state index contributed by atoms with van der Waals surface area (Å²) in [6, 6.07) is 3.21. The highest BCUT2D eigenvalue weighted by atomic mass is 15.3. The predicted molar refractivity (Wildman–Crippen MR) is 78.0 cm³/mol. The van der Waals surface area contributed by atoms with E-state index in [1.54, 1.807) is 0 Å². The number of piperazine rings is 1. The Balaban J connectivity index is 1.67. The van der Waals surface area contributed by atoms with E-state index < -0.39 is 0 Å². The van der Waals surface area contributed by atoms with Crippen molar-refractivity contribution in [2.75, 3.05) is 46.3 Å². The van der Waals surface area contributed by atoms with Gasteiger partial charge in [0.25, 0.3) is 0 Å². The van der Waals surface area contributed by atoms with E-state index >= 15 is 0 Å². The van der Waals surface area contributed by atoms with Crippen LogP contribution >= 0.6 is 0 Å². The first kappa shape index (κ1) is 14.8. The molecule has 0 radical (unpaired) electrons. The van der Waals surface area contributed by atoms with Crippen molar-refractivity contribution in [3.8, 4) is 6.07 Å². The molecule has 2 rings (SSSR count). The lowest BCUT2D eigenvalue weighted by Gasteiger charge is -2.38. The smallest absolute Gasteiger partial charge is 0.0950 e. The van der Waals surface area contributed by atoms with E-state index in [0.29, 0.717) is 0 Å². The zero-order chi connectivity index (χ0) is 13.7. The summed E-state index contributed by atoms with van der Waals surface area (Å²) in [7, 11) is 2.27. The molecule has 4 nitrogen and oxygen atoms in total. The van der Waals surface area contributed by atoms with E-state index in [1.807, 2.05) is 6.92 Å². The molecule has 2 atom stereocenters. The van der Waals surface area contributed by atoms with Gasteiger partial charge >= 0.3 is 0 Å². The normalized spacial score (nSPS) is 29.0. The van der Waals surface area contributed by atoms with Gasteiger partial charge in [-0.2, -0.15) is 5.26 Å². The molecule has 2 aliphatic heterocycles. The van der Waals surface area contributed by atoms with Crippen LogP contribution in [0.15, 0.2) is 0 Å². The summed E-state index contributed by atoms with van der Waals surface area (Å²) >= 11 is 0. The molecule has 19 heavy (non-hydrogen) atoms. The molecule has 0 aliphatic carbocycles. The van der Waals surface area contributed by atoms with Crippen molar-refractivity contribution in [3.05, 3.63) is 0 Å². The monoisotopic (exact) mass is 264 g/mol. The van der Waals surface area contributed by atoms with Crippen LogP contribution in [0.1, 0.15) is 32.6 Å². The molecule has 2 heterocycles. The average molecular weight is 264 g/mol. The molecule has 2 fully saturated rings. The Morgan fingerprint density at radius 2 is 1.89 bits per heavy atom. The molecule has 2 unspecified atom stereocenters. The zero-order valence-electron chi connectivity index (χ0n) is 12.5. The lowest BCUT2D eigenvalue weighted by atomic mass is 10.00. The quantitative estimate of drug-likeness (QED) is 0.768. The largest absolute Gasteiger partial charge is 0.303 e. The van der Waals surface area contributed by atoms with Crippen LogP contribution < -0.4 is 0 Å². The molecule has 0 saturated carbocycles. The van der Waals surface area contributed by atoms with Crippen LogP contribution in [0.3, 0.4) is 0 Å². The van der Waals surface area contributed by atoms with E-state index in [9.17, 15) is 0 Å². The van der Waals surface area contributed by atoms with Crippen LogP contribution in [0.5, 0.6) is 0 Å². The second-order valence-electron chi connectivity index (χ2n) is 6.10. The van der Waals surface area contributed by atoms with Gasteiger partial charge in [0.2, 0.25) is 0 Å². The van der Waals surface area contributed by atoms with Crippen molar-refractivity contribution in [1.29, 1.82) is 5.26 Å². The summed E-state index contributed by atoms with van der Waals surface area (Å²) in [6.07, 6.45) is 5.46. The maximum absolute atomic E-state index is 8.94. The molecule has 0 N–H and O–H groups in total. The number of nitriles is 1. The molecule has 0 spiro atoms. The van der Waals surface area contributed by atoms with Gasteiger partial charge in [0.15, 0.2) is 0 Å². The van der Waals surface area contributed by atoms with E-state index in [2.05, 4.69) is 27.8 Å². The molecule has 2 aliphatic rings. The van der Waals surface area contributed by atoms with Gasteiger partial charge < -0.3 is 9.80 Å². The van der Waals surface area contributed by atoms with Gasteiger partial charge in [-0.3, -0.25) is 4.90 Å². The lowest BCUT2D eigenvalue weighted by Crippen LogP contribution is -2.50. The third-order valence-corrected chi connectivity index (χ3v) is 4.84. The van der Waals surface area contributed by atoms with Crippen molar-refractivity contribution in [1.82, 2.24) is 14.7 Å². The Labute approximate surface area is 118 Å². The average Bonchev–Trinajstić information content (AvgIpc) is 2.46. The summed E-state index contributed by atoms with van der Waals surface area (Å²) in [5.74, 6) is 0. The highest BCUT2D eigenvalue weighted by Gasteiger charge is 2.23. The number of nitrogens with zero attached hydrogens (tertiary/aromatic N) is 4. The molecule has 108 valence electrons. The van der Waals surface area contributed by atoms with Crippen LogP contribution in [0, 0.1) is 11.3 Å². The predicted octanol–water partition coefficient (Wildman–Crippen LogP) is 1.39. The maximum Gasteiger partial charge on any atom is 0.0950 e. The van der Waals surface area contributed by atoms with Crippen molar-refractivity contribution < 1.29 is 0 Å². The number of rotatable bonds is 4. The Morgan fingerprint density at radius 1 is 1.16 bits per heavy atom. The van der Waals surface area contributed by atoms with Gasteiger partial charge in [-0.1, -0.05) is 6.42 Å². The SMILES string of the molecule is CC(C#N)N1CCN(CCC2CCCCN2C)CC1. The molecule has 0 aromatic rings. The van der Waals surface area contributed by atoms with Gasteiger partial charge in [0.1, 0.15) is 0 Å². The number of piperidine rings is 1. The number of likely N-dealkylation sites (tertiary alicyclic amines) is 1. The van der Waals surface area contributed by atoms with E-state index in [1.165, 1.54) is 38.8 Å². The summed E-state index contributed by atoms with van der Waals surface area (Å²) in [4.78, 5) is 7.41. The van der Waals surface area contributed by atoms with Crippen molar-refractivity contribution in [2.24, 2.45) is 0 Å². The molecule has 0 aromatic carbocycles. The third-order valence-electron chi connectivity index (χ3n) is 4.84. The number of hydrogen-bond donors (Lipinski definition) is 0. The molecule has 0 amide bonds. The zero-order valence-corrected chi connectivity index (χ0v) is 12.5. The second-order valence-corrected chi connectivity index (χ2v) is 6.10. The number of hydrogen-bond acceptors (Lipinski definition) is 4. The van der Waals surface area contributed by atoms with E-state index in [0.717, 1.165) is 32.2 Å². The third kappa shape index (κ3) is 4.17. The van der Waals surface area contributed by atoms with Gasteiger partial charge in [-0.25, -0.2) is 0 Å². The minimum Gasteiger partial charge on any atom is -0.303 e. The molecule has 2 saturated heterocycles. The first-order valence-electron chi connectivity index (χ1n) is 7.77. The fraction of sp³-hybridized carbons (Fsp3) is 0.933. The minimum absolute atomic E-state index is 0.0756. The van der Waals surface area contributed by atoms with Gasteiger partial charge in [0.05, 0.1) is 12.1 Å². The fourth-order valence-corrected chi connectivity index (χ4v) is 3.30.